The van der Waals surface area contributed by atoms with E-state index in [0.717, 1.165) is 0 Å². The van der Waals surface area contributed by atoms with E-state index in [9.17, 15) is 14.9 Å². The molecule has 168 valence electrons. The van der Waals surface area contributed by atoms with Gasteiger partial charge in [0.05, 0.1) is 33.0 Å². The van der Waals surface area contributed by atoms with Gasteiger partial charge in [0, 0.05) is 17.2 Å². The molecule has 1 aliphatic heterocycles. The number of carbonyl (C=O) groups is 1. The normalized spacial score (nSPS) is 16.7. The molecule has 4 rings (SSSR count). The zero-order valence-electron chi connectivity index (χ0n) is 18.1. The highest BCUT2D eigenvalue weighted by molar-refractivity contribution is 5.98. The van der Waals surface area contributed by atoms with Crippen LogP contribution in [0, 0.1) is 17.2 Å². The van der Waals surface area contributed by atoms with Gasteiger partial charge in [0.25, 0.3) is 5.56 Å². The van der Waals surface area contributed by atoms with Crippen molar-refractivity contribution in [2.45, 2.75) is 5.92 Å². The van der Waals surface area contributed by atoms with Crippen LogP contribution in [0.5, 0.6) is 17.2 Å². The summed E-state index contributed by atoms with van der Waals surface area (Å²) in [6.45, 7) is 0. The number of nitrogens with one attached hydrogen (secondary N) is 3. The SMILES string of the molecule is COc1ccc(Nc2nc3c(c(=O)[nH]2)[C@H](c2cc(OC)ccc2OC)[C@H](C#N)C(=O)N3)cc1. The number of methoxy groups -OCH3 is 3. The predicted octanol–water partition coefficient (Wildman–Crippen LogP) is 2.76. The van der Waals surface area contributed by atoms with Crippen LogP contribution in [0.2, 0.25) is 0 Å². The quantitative estimate of drug-likeness (QED) is 0.524. The molecule has 0 aliphatic carbocycles. The van der Waals surface area contributed by atoms with Gasteiger partial charge in [-0.2, -0.15) is 10.2 Å². The summed E-state index contributed by atoms with van der Waals surface area (Å²) in [6.07, 6.45) is 0. The zero-order chi connectivity index (χ0) is 23.5. The fraction of sp³-hybridized carbons (Fsp3) is 0.217. The molecule has 0 radical (unpaired) electrons. The lowest BCUT2D eigenvalue weighted by molar-refractivity contribution is -0.119. The van der Waals surface area contributed by atoms with E-state index in [1.165, 1.54) is 14.2 Å². The first-order valence-electron chi connectivity index (χ1n) is 9.96. The van der Waals surface area contributed by atoms with E-state index < -0.39 is 23.3 Å². The topological polar surface area (TPSA) is 138 Å². The first-order chi connectivity index (χ1) is 16.0. The number of amides is 1. The molecule has 3 N–H and O–H groups in total. The molecule has 2 aromatic carbocycles. The molecular formula is C23H21N5O5. The number of nitrogens with zero attached hydrogens (tertiary/aromatic N) is 2. The van der Waals surface area contributed by atoms with Gasteiger partial charge in [-0.1, -0.05) is 0 Å². The van der Waals surface area contributed by atoms with Gasteiger partial charge >= 0.3 is 0 Å². The number of carbonyl (C=O) groups excluding carboxylic acids is 1. The number of ether oxygens (including phenoxy) is 3. The summed E-state index contributed by atoms with van der Waals surface area (Å²) in [7, 11) is 4.54. The van der Waals surface area contributed by atoms with Crippen LogP contribution in [-0.4, -0.2) is 37.2 Å². The van der Waals surface area contributed by atoms with Crippen molar-refractivity contribution in [3.63, 3.8) is 0 Å². The Morgan fingerprint density at radius 2 is 1.70 bits per heavy atom. The monoisotopic (exact) mass is 447 g/mol. The molecule has 0 unspecified atom stereocenters. The highest BCUT2D eigenvalue weighted by Gasteiger charge is 2.41. The molecule has 1 amide bonds. The van der Waals surface area contributed by atoms with Crippen molar-refractivity contribution in [1.29, 1.82) is 5.26 Å². The fourth-order valence-electron chi connectivity index (χ4n) is 3.80. The van der Waals surface area contributed by atoms with Gasteiger partial charge in [0.15, 0.2) is 0 Å². The van der Waals surface area contributed by atoms with Crippen molar-refractivity contribution in [1.82, 2.24) is 9.97 Å². The molecule has 10 nitrogen and oxygen atoms in total. The molecule has 0 saturated carbocycles. The molecule has 2 heterocycles. The number of nitriles is 1. The van der Waals surface area contributed by atoms with E-state index in [1.807, 2.05) is 6.07 Å². The molecule has 2 atom stereocenters. The second-order valence-electron chi connectivity index (χ2n) is 7.21. The minimum absolute atomic E-state index is 0.0705. The number of benzene rings is 2. The molecule has 33 heavy (non-hydrogen) atoms. The number of fused-ring (bicyclic) bond motifs is 1. The van der Waals surface area contributed by atoms with Crippen LogP contribution < -0.4 is 30.4 Å². The average Bonchev–Trinajstić information content (AvgIpc) is 2.83. The summed E-state index contributed by atoms with van der Waals surface area (Å²) in [6, 6.07) is 14.0. The molecule has 1 aliphatic rings. The maximum Gasteiger partial charge on any atom is 0.258 e. The van der Waals surface area contributed by atoms with Gasteiger partial charge in [-0.15, -0.1) is 0 Å². The van der Waals surface area contributed by atoms with E-state index in [1.54, 1.807) is 49.6 Å². The van der Waals surface area contributed by atoms with Crippen molar-refractivity contribution < 1.29 is 19.0 Å². The van der Waals surface area contributed by atoms with Gasteiger partial charge in [-0.25, -0.2) is 0 Å². The van der Waals surface area contributed by atoms with Crippen molar-refractivity contribution >= 4 is 23.4 Å². The van der Waals surface area contributed by atoms with Gasteiger partial charge in [0.1, 0.15) is 29.0 Å². The Kier molecular flexibility index (Phi) is 5.87. The van der Waals surface area contributed by atoms with Crippen LogP contribution in [0.25, 0.3) is 0 Å². The second kappa shape index (κ2) is 8.92. The smallest absolute Gasteiger partial charge is 0.258 e. The van der Waals surface area contributed by atoms with E-state index in [0.29, 0.717) is 28.5 Å². The summed E-state index contributed by atoms with van der Waals surface area (Å²) in [5.74, 6) is -0.835. The van der Waals surface area contributed by atoms with E-state index in [4.69, 9.17) is 14.2 Å². The summed E-state index contributed by atoms with van der Waals surface area (Å²) < 4.78 is 15.9. The Labute approximate surface area is 189 Å². The van der Waals surface area contributed by atoms with Crippen molar-refractivity contribution in [3.8, 4) is 23.3 Å². The Hall–Kier alpha value is -4.52. The Balaban J connectivity index is 1.82. The standard InChI is InChI=1S/C23H21N5O5/c1-31-13-6-4-12(5-7-13)25-23-27-20-19(22(30)28-23)18(16(11-24)21(29)26-20)15-10-14(32-2)8-9-17(15)33-3/h4-10,16,18H,1-3H3,(H3,25,26,27,28,29,30)/t16-,18+/m0/s1. The largest absolute Gasteiger partial charge is 0.497 e. The Morgan fingerprint density at radius 3 is 2.33 bits per heavy atom. The van der Waals surface area contributed by atoms with Crippen LogP contribution in [0.1, 0.15) is 17.0 Å². The van der Waals surface area contributed by atoms with Gasteiger partial charge in [-0.3, -0.25) is 14.6 Å². The fourth-order valence-corrected chi connectivity index (χ4v) is 3.80. The third kappa shape index (κ3) is 4.04. The van der Waals surface area contributed by atoms with E-state index in [2.05, 4.69) is 20.6 Å². The highest BCUT2D eigenvalue weighted by atomic mass is 16.5. The number of anilines is 3. The second-order valence-corrected chi connectivity index (χ2v) is 7.21. The van der Waals surface area contributed by atoms with Crippen LogP contribution in [0.15, 0.2) is 47.3 Å². The molecule has 0 bridgehead atoms. The minimum atomic E-state index is -1.16. The summed E-state index contributed by atoms with van der Waals surface area (Å²) in [5.41, 5.74) is 0.795. The maximum atomic E-state index is 13.2. The molecule has 10 heteroatoms. The molecule has 3 aromatic rings. The first-order valence-corrected chi connectivity index (χ1v) is 9.96. The lowest BCUT2D eigenvalue weighted by Gasteiger charge is -2.29. The minimum Gasteiger partial charge on any atom is -0.497 e. The van der Waals surface area contributed by atoms with Gasteiger partial charge in [0.2, 0.25) is 11.9 Å². The lowest BCUT2D eigenvalue weighted by atomic mass is 9.78. The number of H-pyrrole nitrogens is 1. The van der Waals surface area contributed by atoms with E-state index >= 15 is 0 Å². The van der Waals surface area contributed by atoms with Crippen molar-refractivity contribution in [3.05, 3.63) is 63.9 Å². The van der Waals surface area contributed by atoms with E-state index in [-0.39, 0.29) is 17.3 Å². The Morgan fingerprint density at radius 1 is 1.00 bits per heavy atom. The number of hydrogen-bond donors (Lipinski definition) is 3. The van der Waals surface area contributed by atoms with Crippen LogP contribution >= 0.6 is 0 Å². The zero-order valence-corrected chi connectivity index (χ0v) is 18.1. The predicted molar refractivity (Wildman–Crippen MR) is 120 cm³/mol. The van der Waals surface area contributed by atoms with Crippen LogP contribution in [0.4, 0.5) is 17.5 Å². The highest BCUT2D eigenvalue weighted by Crippen LogP contribution is 2.43. The summed E-state index contributed by atoms with van der Waals surface area (Å²) in [5, 5.41) is 15.3. The van der Waals surface area contributed by atoms with Crippen molar-refractivity contribution in [2.75, 3.05) is 32.0 Å². The third-order valence-electron chi connectivity index (χ3n) is 5.39. The molecule has 0 saturated heterocycles. The number of aromatic nitrogens is 2. The molecular weight excluding hydrogens is 426 g/mol. The number of hydrogen-bond acceptors (Lipinski definition) is 8. The summed E-state index contributed by atoms with van der Waals surface area (Å²) >= 11 is 0. The number of rotatable bonds is 6. The maximum absolute atomic E-state index is 13.2. The lowest BCUT2D eigenvalue weighted by Crippen LogP contribution is -2.38. The Bertz CT molecular complexity index is 1300. The van der Waals surface area contributed by atoms with Gasteiger partial charge < -0.3 is 24.8 Å². The molecule has 1 aromatic heterocycles. The molecule has 0 spiro atoms. The van der Waals surface area contributed by atoms with Crippen LogP contribution in [0.3, 0.4) is 0 Å². The number of aromatic amines is 1. The van der Waals surface area contributed by atoms with Crippen molar-refractivity contribution in [2.24, 2.45) is 5.92 Å². The van der Waals surface area contributed by atoms with Gasteiger partial charge in [-0.05, 0) is 42.5 Å². The third-order valence-corrected chi connectivity index (χ3v) is 5.39. The average molecular weight is 447 g/mol. The first kappa shape index (κ1) is 21.7. The summed E-state index contributed by atoms with van der Waals surface area (Å²) in [4.78, 5) is 33.1. The van der Waals surface area contributed by atoms with Crippen LogP contribution in [-0.2, 0) is 4.79 Å². The molecule has 0 fully saturated rings.